The number of benzene rings is 1. The molecule has 0 aliphatic heterocycles. The summed E-state index contributed by atoms with van der Waals surface area (Å²) in [5.41, 5.74) is -2.16. The number of hydrogen-bond donors (Lipinski definition) is 1. The third kappa shape index (κ3) is 3.48. The highest BCUT2D eigenvalue weighted by molar-refractivity contribution is 5.27. The summed E-state index contributed by atoms with van der Waals surface area (Å²) in [6.07, 6.45) is -8.46. The summed E-state index contributed by atoms with van der Waals surface area (Å²) in [6, 6.07) is 5.35. The molecule has 0 fully saturated rings. The highest BCUT2D eigenvalue weighted by Crippen LogP contribution is 2.50. The summed E-state index contributed by atoms with van der Waals surface area (Å²) in [5, 5.41) is 9.89. The molecule has 1 nitrogen and oxygen atoms in total. The number of aliphatic hydroxyl groups is 1. The van der Waals surface area contributed by atoms with Crippen molar-refractivity contribution < 1.29 is 35.8 Å². The minimum atomic E-state index is -6.40. The van der Waals surface area contributed by atoms with E-state index in [1.165, 1.54) is 18.2 Å². The maximum absolute atomic E-state index is 13.3. The monoisotopic (exact) mass is 318 g/mol. The molecule has 21 heavy (non-hydrogen) atoms. The standard InChI is InChI=1S/C13H13F7O/c1-8-4-3-5-9(6-8)10(2,21)7-11(14,15)12(16,17)13(18,19)20/h3-6,21H,7H2,1-2H3. The number of alkyl halides is 7. The lowest BCUT2D eigenvalue weighted by atomic mass is 9.87. The zero-order valence-electron chi connectivity index (χ0n) is 11.1. The van der Waals surface area contributed by atoms with E-state index in [-0.39, 0.29) is 5.56 Å². The normalized spacial score (nSPS) is 16.7. The Morgan fingerprint density at radius 3 is 1.95 bits per heavy atom. The Labute approximate surface area is 116 Å². The molecule has 0 radical (unpaired) electrons. The smallest absolute Gasteiger partial charge is 0.385 e. The Bertz CT molecular complexity index is 505. The highest BCUT2D eigenvalue weighted by Gasteiger charge is 2.73. The molecule has 1 unspecified atom stereocenters. The Kier molecular flexibility index (Phi) is 4.35. The average molecular weight is 318 g/mol. The van der Waals surface area contributed by atoms with Gasteiger partial charge in [0.2, 0.25) is 0 Å². The van der Waals surface area contributed by atoms with Gasteiger partial charge in [0.25, 0.3) is 0 Å². The molecular weight excluding hydrogens is 305 g/mol. The first-order valence-electron chi connectivity index (χ1n) is 5.82. The molecule has 0 amide bonds. The third-order valence-corrected chi connectivity index (χ3v) is 3.02. The summed E-state index contributed by atoms with van der Waals surface area (Å²) < 4.78 is 88.6. The van der Waals surface area contributed by atoms with Gasteiger partial charge in [-0.1, -0.05) is 29.8 Å². The van der Waals surface area contributed by atoms with E-state index in [0.29, 0.717) is 5.56 Å². The molecule has 0 aliphatic carbocycles. The molecule has 0 bridgehead atoms. The Hall–Kier alpha value is -1.31. The van der Waals surface area contributed by atoms with Crippen molar-refractivity contribution in [2.75, 3.05) is 0 Å². The minimum Gasteiger partial charge on any atom is -0.385 e. The molecular formula is C13H13F7O. The van der Waals surface area contributed by atoms with Gasteiger partial charge in [-0.3, -0.25) is 0 Å². The van der Waals surface area contributed by atoms with Gasteiger partial charge in [0.15, 0.2) is 0 Å². The van der Waals surface area contributed by atoms with Crippen molar-refractivity contribution in [1.82, 2.24) is 0 Å². The van der Waals surface area contributed by atoms with Crippen molar-refractivity contribution in [2.45, 2.75) is 43.9 Å². The topological polar surface area (TPSA) is 20.2 Å². The van der Waals surface area contributed by atoms with Crippen LogP contribution in [-0.2, 0) is 5.60 Å². The molecule has 1 N–H and O–H groups in total. The van der Waals surface area contributed by atoms with Gasteiger partial charge in [-0.2, -0.15) is 30.7 Å². The van der Waals surface area contributed by atoms with E-state index >= 15 is 0 Å². The fraction of sp³-hybridized carbons (Fsp3) is 0.538. The van der Waals surface area contributed by atoms with Crippen LogP contribution in [0.4, 0.5) is 30.7 Å². The average Bonchev–Trinajstić information content (AvgIpc) is 2.25. The van der Waals surface area contributed by atoms with Crippen molar-refractivity contribution in [1.29, 1.82) is 0 Å². The van der Waals surface area contributed by atoms with Crippen molar-refractivity contribution in [3.63, 3.8) is 0 Å². The van der Waals surface area contributed by atoms with Gasteiger partial charge in [-0.25, -0.2) is 0 Å². The second-order valence-electron chi connectivity index (χ2n) is 5.10. The molecule has 0 heterocycles. The van der Waals surface area contributed by atoms with Gasteiger partial charge in [-0.15, -0.1) is 0 Å². The molecule has 1 rings (SSSR count). The number of aryl methyl sites for hydroxylation is 1. The van der Waals surface area contributed by atoms with E-state index in [1.54, 1.807) is 13.0 Å². The SMILES string of the molecule is Cc1cccc(C(C)(O)CC(F)(F)C(F)(F)C(F)(F)F)c1. The van der Waals surface area contributed by atoms with E-state index in [4.69, 9.17) is 0 Å². The number of hydrogen-bond acceptors (Lipinski definition) is 1. The molecule has 0 saturated heterocycles. The summed E-state index contributed by atoms with van der Waals surface area (Å²) in [7, 11) is 0. The van der Waals surface area contributed by atoms with Crippen LogP contribution in [0.2, 0.25) is 0 Å². The predicted octanol–water partition coefficient (Wildman–Crippen LogP) is 4.43. The number of halogens is 7. The van der Waals surface area contributed by atoms with E-state index in [2.05, 4.69) is 0 Å². The van der Waals surface area contributed by atoms with Gasteiger partial charge in [0.05, 0.1) is 12.0 Å². The molecule has 0 aromatic heterocycles. The molecule has 0 aliphatic rings. The van der Waals surface area contributed by atoms with E-state index < -0.39 is 30.0 Å². The lowest BCUT2D eigenvalue weighted by Crippen LogP contribution is -2.54. The largest absolute Gasteiger partial charge is 0.459 e. The van der Waals surface area contributed by atoms with Crippen LogP contribution in [0, 0.1) is 6.92 Å². The third-order valence-electron chi connectivity index (χ3n) is 3.02. The second-order valence-corrected chi connectivity index (χ2v) is 5.10. The van der Waals surface area contributed by atoms with Crippen LogP contribution in [0.15, 0.2) is 24.3 Å². The second kappa shape index (κ2) is 5.15. The molecule has 8 heteroatoms. The van der Waals surface area contributed by atoms with Crippen LogP contribution in [0.3, 0.4) is 0 Å². The highest BCUT2D eigenvalue weighted by atomic mass is 19.4. The van der Waals surface area contributed by atoms with Crippen LogP contribution >= 0.6 is 0 Å². The van der Waals surface area contributed by atoms with Crippen molar-refractivity contribution in [2.24, 2.45) is 0 Å². The quantitative estimate of drug-likeness (QED) is 0.815. The lowest BCUT2D eigenvalue weighted by molar-refractivity contribution is -0.361. The van der Waals surface area contributed by atoms with E-state index in [0.717, 1.165) is 6.92 Å². The van der Waals surface area contributed by atoms with Crippen molar-refractivity contribution >= 4 is 0 Å². The predicted molar refractivity (Wildman–Crippen MR) is 61.3 cm³/mol. The maximum Gasteiger partial charge on any atom is 0.459 e. The molecule has 120 valence electrons. The first-order chi connectivity index (χ1) is 9.21. The molecule has 1 atom stereocenters. The van der Waals surface area contributed by atoms with Gasteiger partial charge >= 0.3 is 18.0 Å². The van der Waals surface area contributed by atoms with Crippen LogP contribution in [0.1, 0.15) is 24.5 Å². The zero-order chi connectivity index (χ0) is 16.7. The van der Waals surface area contributed by atoms with Crippen molar-refractivity contribution in [3.05, 3.63) is 35.4 Å². The molecule has 1 aromatic rings. The number of rotatable bonds is 4. The summed E-state index contributed by atoms with van der Waals surface area (Å²) >= 11 is 0. The fourth-order valence-electron chi connectivity index (χ4n) is 1.83. The van der Waals surface area contributed by atoms with Crippen LogP contribution in [-0.4, -0.2) is 23.1 Å². The van der Waals surface area contributed by atoms with E-state index in [9.17, 15) is 35.8 Å². The van der Waals surface area contributed by atoms with Crippen LogP contribution < -0.4 is 0 Å². The maximum atomic E-state index is 13.3. The van der Waals surface area contributed by atoms with E-state index in [1.807, 2.05) is 0 Å². The molecule has 0 saturated carbocycles. The zero-order valence-corrected chi connectivity index (χ0v) is 11.1. The van der Waals surface area contributed by atoms with Gasteiger partial charge in [-0.05, 0) is 19.4 Å². The minimum absolute atomic E-state index is 0.167. The van der Waals surface area contributed by atoms with Gasteiger partial charge in [0.1, 0.15) is 0 Å². The Morgan fingerprint density at radius 1 is 1.00 bits per heavy atom. The summed E-state index contributed by atoms with van der Waals surface area (Å²) in [5.74, 6) is -11.7. The summed E-state index contributed by atoms with van der Waals surface area (Å²) in [4.78, 5) is 0. The fourth-order valence-corrected chi connectivity index (χ4v) is 1.83. The van der Waals surface area contributed by atoms with Crippen molar-refractivity contribution in [3.8, 4) is 0 Å². The Morgan fingerprint density at radius 2 is 1.52 bits per heavy atom. The van der Waals surface area contributed by atoms with Crippen LogP contribution in [0.25, 0.3) is 0 Å². The lowest BCUT2D eigenvalue weighted by Gasteiger charge is -2.34. The molecule has 0 spiro atoms. The molecule has 1 aromatic carbocycles. The first kappa shape index (κ1) is 17.7. The summed E-state index contributed by atoms with van der Waals surface area (Å²) in [6.45, 7) is 2.32. The first-order valence-corrected chi connectivity index (χ1v) is 5.82. The van der Waals surface area contributed by atoms with Gasteiger partial charge < -0.3 is 5.11 Å². The van der Waals surface area contributed by atoms with Crippen LogP contribution in [0.5, 0.6) is 0 Å². The van der Waals surface area contributed by atoms with Gasteiger partial charge in [0, 0.05) is 0 Å². The Balaban J connectivity index is 3.13.